The molecular formula is C23H21ClN4O2S. The van der Waals surface area contributed by atoms with Crippen molar-refractivity contribution >= 4 is 34.0 Å². The van der Waals surface area contributed by atoms with Gasteiger partial charge in [0, 0.05) is 10.9 Å². The quantitative estimate of drug-likeness (QED) is 0.414. The Morgan fingerprint density at radius 3 is 2.71 bits per heavy atom. The Kier molecular flexibility index (Phi) is 6.06. The molecule has 2 aromatic carbocycles. The topological polar surface area (TPSA) is 69.0 Å². The summed E-state index contributed by atoms with van der Waals surface area (Å²) in [4.78, 5) is 17.5. The van der Waals surface area contributed by atoms with Gasteiger partial charge in [0.05, 0.1) is 30.6 Å². The predicted molar refractivity (Wildman–Crippen MR) is 124 cm³/mol. The number of halogens is 1. The van der Waals surface area contributed by atoms with Crippen LogP contribution in [0.2, 0.25) is 5.15 Å². The number of methoxy groups -OCH3 is 1. The van der Waals surface area contributed by atoms with E-state index >= 15 is 0 Å². The van der Waals surface area contributed by atoms with Gasteiger partial charge in [0.25, 0.3) is 5.91 Å². The van der Waals surface area contributed by atoms with Crippen LogP contribution in [0, 0.1) is 13.8 Å². The normalized spacial score (nSPS) is 10.8. The molecule has 0 radical (unpaired) electrons. The summed E-state index contributed by atoms with van der Waals surface area (Å²) in [6, 6.07) is 15.7. The summed E-state index contributed by atoms with van der Waals surface area (Å²) < 4.78 is 7.08. The summed E-state index contributed by atoms with van der Waals surface area (Å²) in [7, 11) is 1.63. The van der Waals surface area contributed by atoms with Gasteiger partial charge in [-0.15, -0.1) is 11.3 Å². The average molecular weight is 453 g/mol. The minimum atomic E-state index is -0.334. The molecule has 0 unspecified atom stereocenters. The highest BCUT2D eigenvalue weighted by molar-refractivity contribution is 7.14. The molecule has 2 heterocycles. The van der Waals surface area contributed by atoms with Gasteiger partial charge in [0.2, 0.25) is 0 Å². The average Bonchev–Trinajstić information content (AvgIpc) is 3.32. The lowest BCUT2D eigenvalue weighted by atomic mass is 10.1. The maximum absolute atomic E-state index is 12.9. The highest BCUT2D eigenvalue weighted by Gasteiger charge is 2.22. The van der Waals surface area contributed by atoms with E-state index in [0.29, 0.717) is 28.1 Å². The highest BCUT2D eigenvalue weighted by atomic mass is 35.5. The van der Waals surface area contributed by atoms with Crippen molar-refractivity contribution in [2.45, 2.75) is 20.4 Å². The van der Waals surface area contributed by atoms with Crippen LogP contribution in [0.3, 0.4) is 0 Å². The third kappa shape index (κ3) is 4.47. The third-order valence-electron chi connectivity index (χ3n) is 4.82. The molecule has 158 valence electrons. The minimum Gasteiger partial charge on any atom is -0.496 e. The maximum Gasteiger partial charge on any atom is 0.262 e. The zero-order valence-electron chi connectivity index (χ0n) is 17.3. The van der Waals surface area contributed by atoms with Crippen molar-refractivity contribution in [3.63, 3.8) is 0 Å². The molecule has 4 aromatic rings. The van der Waals surface area contributed by atoms with Crippen molar-refractivity contribution in [2.24, 2.45) is 0 Å². The molecule has 0 aliphatic heterocycles. The van der Waals surface area contributed by atoms with Gasteiger partial charge < -0.3 is 4.74 Å². The van der Waals surface area contributed by atoms with Crippen LogP contribution in [-0.2, 0) is 6.54 Å². The number of nitrogens with zero attached hydrogens (tertiary/aromatic N) is 3. The Balaban J connectivity index is 1.55. The number of aryl methyl sites for hydroxylation is 2. The number of benzene rings is 2. The van der Waals surface area contributed by atoms with Crippen molar-refractivity contribution < 1.29 is 9.53 Å². The number of hydrogen-bond donors (Lipinski definition) is 1. The van der Waals surface area contributed by atoms with E-state index < -0.39 is 0 Å². The van der Waals surface area contributed by atoms with Gasteiger partial charge in [-0.3, -0.25) is 10.1 Å². The fourth-order valence-electron chi connectivity index (χ4n) is 3.31. The summed E-state index contributed by atoms with van der Waals surface area (Å²) in [6.45, 7) is 4.27. The van der Waals surface area contributed by atoms with Crippen molar-refractivity contribution in [1.29, 1.82) is 0 Å². The number of ether oxygens (including phenoxy) is 1. The van der Waals surface area contributed by atoms with Crippen LogP contribution < -0.4 is 10.1 Å². The molecule has 0 aliphatic carbocycles. The Bertz CT molecular complexity index is 1230. The van der Waals surface area contributed by atoms with Gasteiger partial charge in [-0.05, 0) is 31.5 Å². The lowest BCUT2D eigenvalue weighted by Gasteiger charge is -2.07. The lowest BCUT2D eigenvalue weighted by Crippen LogP contribution is -2.13. The molecule has 0 atom stereocenters. The van der Waals surface area contributed by atoms with Gasteiger partial charge in [0.1, 0.15) is 10.9 Å². The fraction of sp³-hybridized carbons (Fsp3) is 0.174. The second kappa shape index (κ2) is 8.91. The van der Waals surface area contributed by atoms with Gasteiger partial charge in [-0.1, -0.05) is 53.6 Å². The first-order valence-electron chi connectivity index (χ1n) is 9.65. The number of anilines is 1. The van der Waals surface area contributed by atoms with Crippen molar-refractivity contribution in [1.82, 2.24) is 14.8 Å². The van der Waals surface area contributed by atoms with Crippen LogP contribution in [0.5, 0.6) is 5.75 Å². The van der Waals surface area contributed by atoms with Gasteiger partial charge in [-0.25, -0.2) is 9.67 Å². The number of hydrogen-bond acceptors (Lipinski definition) is 5. The molecule has 6 nitrogen and oxygen atoms in total. The molecule has 8 heteroatoms. The second-order valence-electron chi connectivity index (χ2n) is 7.09. The van der Waals surface area contributed by atoms with E-state index in [0.717, 1.165) is 28.1 Å². The molecule has 4 rings (SSSR count). The number of thiazole rings is 1. The summed E-state index contributed by atoms with van der Waals surface area (Å²) >= 11 is 7.85. The Morgan fingerprint density at radius 1 is 1.19 bits per heavy atom. The summed E-state index contributed by atoms with van der Waals surface area (Å²) in [5.74, 6) is 0.397. The first-order chi connectivity index (χ1) is 15.0. The number of aromatic nitrogens is 3. The number of rotatable bonds is 6. The van der Waals surface area contributed by atoms with E-state index in [1.807, 2.05) is 60.8 Å². The Hall–Kier alpha value is -3.16. The minimum absolute atomic E-state index is 0.302. The zero-order valence-corrected chi connectivity index (χ0v) is 18.9. The van der Waals surface area contributed by atoms with E-state index in [1.54, 1.807) is 18.7 Å². The largest absolute Gasteiger partial charge is 0.496 e. The van der Waals surface area contributed by atoms with E-state index in [4.69, 9.17) is 16.3 Å². The molecule has 0 fully saturated rings. The zero-order chi connectivity index (χ0) is 22.0. The first kappa shape index (κ1) is 21.1. The standard InChI is InChI=1S/C23H21ClN4O2S/c1-14-9-10-19(30-3)17(11-14)18-13-31-23(25-18)26-22(29)20-15(2)27-28(21(20)24)12-16-7-5-4-6-8-16/h4-11,13H,12H2,1-3H3,(H,25,26,29). The first-order valence-corrected chi connectivity index (χ1v) is 10.9. The van der Waals surface area contributed by atoms with Crippen molar-refractivity contribution in [3.05, 3.63) is 81.4 Å². The molecule has 2 aromatic heterocycles. The van der Waals surface area contributed by atoms with Crippen LogP contribution in [0.25, 0.3) is 11.3 Å². The lowest BCUT2D eigenvalue weighted by molar-refractivity contribution is 0.102. The SMILES string of the molecule is COc1ccc(C)cc1-c1csc(NC(=O)c2c(C)nn(Cc3ccccc3)c2Cl)n1. The van der Waals surface area contributed by atoms with Crippen molar-refractivity contribution in [3.8, 4) is 17.0 Å². The van der Waals surface area contributed by atoms with Crippen molar-refractivity contribution in [2.75, 3.05) is 12.4 Å². The van der Waals surface area contributed by atoms with Crippen LogP contribution in [0.4, 0.5) is 5.13 Å². The van der Waals surface area contributed by atoms with E-state index in [-0.39, 0.29) is 5.91 Å². The fourth-order valence-corrected chi connectivity index (χ4v) is 4.33. The van der Waals surface area contributed by atoms with Gasteiger partial charge in [0.15, 0.2) is 5.13 Å². The van der Waals surface area contributed by atoms with E-state index in [1.165, 1.54) is 11.3 Å². The Morgan fingerprint density at radius 2 is 1.97 bits per heavy atom. The van der Waals surface area contributed by atoms with E-state index in [9.17, 15) is 4.79 Å². The van der Waals surface area contributed by atoms with Crippen LogP contribution in [0.15, 0.2) is 53.9 Å². The molecule has 0 aliphatic rings. The predicted octanol–water partition coefficient (Wildman–Crippen LogP) is 5.59. The summed E-state index contributed by atoms with van der Waals surface area (Å²) in [5, 5.41) is 9.97. The molecule has 0 saturated heterocycles. The number of carbonyl (C=O) groups is 1. The van der Waals surface area contributed by atoms with Crippen LogP contribution in [-0.4, -0.2) is 27.8 Å². The van der Waals surface area contributed by atoms with Crippen LogP contribution in [0.1, 0.15) is 27.2 Å². The highest BCUT2D eigenvalue weighted by Crippen LogP contribution is 2.33. The summed E-state index contributed by atoms with van der Waals surface area (Å²) in [5.41, 5.74) is 4.68. The molecule has 1 N–H and O–H groups in total. The van der Waals surface area contributed by atoms with Gasteiger partial charge >= 0.3 is 0 Å². The number of amides is 1. The molecule has 0 saturated carbocycles. The third-order valence-corrected chi connectivity index (χ3v) is 5.97. The smallest absolute Gasteiger partial charge is 0.262 e. The number of nitrogens with one attached hydrogen (secondary N) is 1. The molecule has 1 amide bonds. The second-order valence-corrected chi connectivity index (χ2v) is 8.31. The van der Waals surface area contributed by atoms with Crippen LogP contribution >= 0.6 is 22.9 Å². The monoisotopic (exact) mass is 452 g/mol. The Labute approximate surface area is 189 Å². The van der Waals surface area contributed by atoms with Gasteiger partial charge in [-0.2, -0.15) is 5.10 Å². The maximum atomic E-state index is 12.9. The molecular weight excluding hydrogens is 432 g/mol. The molecule has 0 spiro atoms. The number of carbonyl (C=O) groups excluding carboxylic acids is 1. The van der Waals surface area contributed by atoms with E-state index in [2.05, 4.69) is 15.4 Å². The molecule has 31 heavy (non-hydrogen) atoms. The summed E-state index contributed by atoms with van der Waals surface area (Å²) in [6.07, 6.45) is 0. The molecule has 0 bridgehead atoms.